The summed E-state index contributed by atoms with van der Waals surface area (Å²) in [6.07, 6.45) is 6.54. The summed E-state index contributed by atoms with van der Waals surface area (Å²) in [7, 11) is 0. The van der Waals surface area contributed by atoms with Gasteiger partial charge in [0.1, 0.15) is 5.82 Å². The SMILES string of the molecule is C/C(=C\c1ccccc1F)C(=O)NCC1CCCC1. The number of carbonyl (C=O) groups is 1. The molecule has 1 aliphatic carbocycles. The maximum atomic E-state index is 13.5. The quantitative estimate of drug-likeness (QED) is 0.825. The van der Waals surface area contributed by atoms with E-state index >= 15 is 0 Å². The molecule has 1 aliphatic rings. The Morgan fingerprint density at radius 2 is 2.05 bits per heavy atom. The minimum absolute atomic E-state index is 0.102. The summed E-state index contributed by atoms with van der Waals surface area (Å²) in [6, 6.07) is 6.47. The van der Waals surface area contributed by atoms with Crippen molar-refractivity contribution in [2.24, 2.45) is 5.92 Å². The molecule has 1 N–H and O–H groups in total. The average molecular weight is 261 g/mol. The van der Waals surface area contributed by atoms with Gasteiger partial charge in [-0.05, 0) is 37.8 Å². The van der Waals surface area contributed by atoms with Gasteiger partial charge < -0.3 is 5.32 Å². The van der Waals surface area contributed by atoms with Crippen LogP contribution in [-0.2, 0) is 4.79 Å². The molecule has 0 aromatic heterocycles. The van der Waals surface area contributed by atoms with E-state index in [1.807, 2.05) is 0 Å². The summed E-state index contributed by atoms with van der Waals surface area (Å²) < 4.78 is 13.5. The highest BCUT2D eigenvalue weighted by molar-refractivity contribution is 5.97. The van der Waals surface area contributed by atoms with Gasteiger partial charge in [0.25, 0.3) is 0 Å². The Morgan fingerprint density at radius 3 is 2.74 bits per heavy atom. The van der Waals surface area contributed by atoms with Gasteiger partial charge in [0.15, 0.2) is 0 Å². The zero-order chi connectivity index (χ0) is 13.7. The molecule has 0 atom stereocenters. The van der Waals surface area contributed by atoms with E-state index < -0.39 is 0 Å². The van der Waals surface area contributed by atoms with Crippen LogP contribution >= 0.6 is 0 Å². The predicted molar refractivity (Wildman–Crippen MR) is 75.0 cm³/mol. The van der Waals surface area contributed by atoms with Gasteiger partial charge in [-0.3, -0.25) is 4.79 Å². The molecule has 0 spiro atoms. The fourth-order valence-electron chi connectivity index (χ4n) is 2.48. The van der Waals surface area contributed by atoms with Gasteiger partial charge in [0.2, 0.25) is 5.91 Å². The van der Waals surface area contributed by atoms with E-state index in [1.54, 1.807) is 31.2 Å². The number of hydrogen-bond acceptors (Lipinski definition) is 1. The third kappa shape index (κ3) is 3.91. The Bertz CT molecular complexity index is 475. The third-order valence-corrected chi connectivity index (χ3v) is 3.66. The van der Waals surface area contributed by atoms with E-state index in [0.717, 1.165) is 6.54 Å². The number of benzene rings is 1. The van der Waals surface area contributed by atoms with Gasteiger partial charge in [-0.1, -0.05) is 31.0 Å². The third-order valence-electron chi connectivity index (χ3n) is 3.66. The first-order valence-electron chi connectivity index (χ1n) is 6.88. The van der Waals surface area contributed by atoms with Crippen LogP contribution in [-0.4, -0.2) is 12.5 Å². The van der Waals surface area contributed by atoms with Gasteiger partial charge in [-0.25, -0.2) is 4.39 Å². The Labute approximate surface area is 113 Å². The number of carbonyl (C=O) groups excluding carboxylic acids is 1. The Balaban J connectivity index is 1.92. The zero-order valence-corrected chi connectivity index (χ0v) is 11.3. The van der Waals surface area contributed by atoms with Crippen molar-refractivity contribution in [2.75, 3.05) is 6.54 Å². The number of amides is 1. The van der Waals surface area contributed by atoms with Crippen molar-refractivity contribution in [3.05, 3.63) is 41.2 Å². The molecular formula is C16H20FNO. The molecule has 0 bridgehead atoms. The molecular weight excluding hydrogens is 241 g/mol. The van der Waals surface area contributed by atoms with Crippen LogP contribution < -0.4 is 5.32 Å². The van der Waals surface area contributed by atoms with Crippen molar-refractivity contribution >= 4 is 12.0 Å². The summed E-state index contributed by atoms with van der Waals surface area (Å²) in [5, 5.41) is 2.93. The molecule has 1 fully saturated rings. The largest absolute Gasteiger partial charge is 0.352 e. The molecule has 0 aliphatic heterocycles. The molecule has 19 heavy (non-hydrogen) atoms. The van der Waals surface area contributed by atoms with E-state index in [9.17, 15) is 9.18 Å². The highest BCUT2D eigenvalue weighted by Crippen LogP contribution is 2.23. The lowest BCUT2D eigenvalue weighted by Crippen LogP contribution is -2.28. The van der Waals surface area contributed by atoms with Crippen molar-refractivity contribution in [2.45, 2.75) is 32.6 Å². The lowest BCUT2D eigenvalue weighted by atomic mass is 10.1. The lowest BCUT2D eigenvalue weighted by Gasteiger charge is -2.10. The van der Waals surface area contributed by atoms with Crippen LogP contribution in [0.15, 0.2) is 29.8 Å². The van der Waals surface area contributed by atoms with Gasteiger partial charge in [-0.15, -0.1) is 0 Å². The van der Waals surface area contributed by atoms with Gasteiger partial charge in [0.05, 0.1) is 0 Å². The average Bonchev–Trinajstić information content (AvgIpc) is 2.91. The zero-order valence-electron chi connectivity index (χ0n) is 11.3. The number of nitrogens with one attached hydrogen (secondary N) is 1. The van der Waals surface area contributed by atoms with E-state index in [1.165, 1.54) is 31.7 Å². The summed E-state index contributed by atoms with van der Waals surface area (Å²) in [5.74, 6) is 0.214. The van der Waals surface area contributed by atoms with E-state index in [-0.39, 0.29) is 11.7 Å². The summed E-state index contributed by atoms with van der Waals surface area (Å²) in [4.78, 5) is 11.9. The fraction of sp³-hybridized carbons (Fsp3) is 0.438. The van der Waals surface area contributed by atoms with E-state index in [2.05, 4.69) is 5.32 Å². The highest BCUT2D eigenvalue weighted by atomic mass is 19.1. The first kappa shape index (κ1) is 13.8. The molecule has 0 radical (unpaired) electrons. The van der Waals surface area contributed by atoms with Crippen molar-refractivity contribution in [1.29, 1.82) is 0 Å². The second kappa shape index (κ2) is 6.50. The van der Waals surface area contributed by atoms with Crippen molar-refractivity contribution in [1.82, 2.24) is 5.32 Å². The minimum atomic E-state index is -0.301. The predicted octanol–water partition coefficient (Wildman–Crippen LogP) is 3.54. The normalized spacial score (nSPS) is 16.6. The second-order valence-electron chi connectivity index (χ2n) is 5.21. The fourth-order valence-corrected chi connectivity index (χ4v) is 2.48. The summed E-state index contributed by atoms with van der Waals surface area (Å²) in [6.45, 7) is 2.46. The molecule has 3 heteroatoms. The van der Waals surface area contributed by atoms with E-state index in [0.29, 0.717) is 17.1 Å². The molecule has 1 aromatic carbocycles. The topological polar surface area (TPSA) is 29.1 Å². The van der Waals surface area contributed by atoms with Crippen LogP contribution in [0.2, 0.25) is 0 Å². The Kier molecular flexibility index (Phi) is 4.72. The molecule has 2 nitrogen and oxygen atoms in total. The molecule has 102 valence electrons. The van der Waals surface area contributed by atoms with Crippen molar-refractivity contribution < 1.29 is 9.18 Å². The molecule has 1 amide bonds. The minimum Gasteiger partial charge on any atom is -0.352 e. The smallest absolute Gasteiger partial charge is 0.246 e. The van der Waals surface area contributed by atoms with Crippen LogP contribution in [0.1, 0.15) is 38.2 Å². The van der Waals surface area contributed by atoms with Crippen molar-refractivity contribution in [3.8, 4) is 0 Å². The molecule has 0 heterocycles. The summed E-state index contributed by atoms with van der Waals surface area (Å²) >= 11 is 0. The maximum Gasteiger partial charge on any atom is 0.246 e. The standard InChI is InChI=1S/C16H20FNO/c1-12(10-14-8-4-5-9-15(14)17)16(19)18-11-13-6-2-3-7-13/h4-5,8-10,13H,2-3,6-7,11H2,1H3,(H,18,19)/b12-10+. The molecule has 2 rings (SSSR count). The second-order valence-corrected chi connectivity index (χ2v) is 5.21. The molecule has 0 saturated heterocycles. The Morgan fingerprint density at radius 1 is 1.37 bits per heavy atom. The van der Waals surface area contributed by atoms with Gasteiger partial charge in [0, 0.05) is 17.7 Å². The van der Waals surface area contributed by atoms with Crippen LogP contribution in [0.3, 0.4) is 0 Å². The lowest BCUT2D eigenvalue weighted by molar-refractivity contribution is -0.117. The first-order valence-corrected chi connectivity index (χ1v) is 6.88. The van der Waals surface area contributed by atoms with Gasteiger partial charge in [-0.2, -0.15) is 0 Å². The maximum absolute atomic E-state index is 13.5. The van der Waals surface area contributed by atoms with Crippen LogP contribution in [0.5, 0.6) is 0 Å². The monoisotopic (exact) mass is 261 g/mol. The number of halogens is 1. The van der Waals surface area contributed by atoms with Crippen LogP contribution in [0.25, 0.3) is 6.08 Å². The number of rotatable bonds is 4. The van der Waals surface area contributed by atoms with Crippen molar-refractivity contribution in [3.63, 3.8) is 0 Å². The summed E-state index contributed by atoms with van der Waals surface area (Å²) in [5.41, 5.74) is 0.999. The van der Waals surface area contributed by atoms with Crippen LogP contribution in [0, 0.1) is 11.7 Å². The first-order chi connectivity index (χ1) is 9.16. The highest BCUT2D eigenvalue weighted by Gasteiger charge is 2.16. The van der Waals surface area contributed by atoms with E-state index in [4.69, 9.17) is 0 Å². The number of hydrogen-bond donors (Lipinski definition) is 1. The Hall–Kier alpha value is -1.64. The molecule has 1 saturated carbocycles. The molecule has 1 aromatic rings. The van der Waals surface area contributed by atoms with Gasteiger partial charge >= 0.3 is 0 Å². The van der Waals surface area contributed by atoms with Crippen LogP contribution in [0.4, 0.5) is 4.39 Å². The molecule has 0 unspecified atom stereocenters.